The smallest absolute Gasteiger partial charge is 0.0466 e. The Kier molecular flexibility index (Phi) is 10.5. The number of allylic oxidation sites excluding steroid dienone is 4. The first-order valence-electron chi connectivity index (χ1n) is 10.9. The highest BCUT2D eigenvalue weighted by molar-refractivity contribution is 5.29. The molecule has 24 heavy (non-hydrogen) atoms. The van der Waals surface area contributed by atoms with Gasteiger partial charge in [-0.3, -0.25) is 0 Å². The topological polar surface area (TPSA) is 9.23 Å². The van der Waals surface area contributed by atoms with Crippen LogP contribution in [0.15, 0.2) is 23.8 Å². The quantitative estimate of drug-likeness (QED) is 0.214. The summed E-state index contributed by atoms with van der Waals surface area (Å²) in [5.41, 5.74) is 1.72. The van der Waals surface area contributed by atoms with Gasteiger partial charge in [0.1, 0.15) is 0 Å². The highest BCUT2D eigenvalue weighted by Crippen LogP contribution is 2.40. The molecule has 1 nitrogen and oxygen atoms in total. The van der Waals surface area contributed by atoms with Gasteiger partial charge in [-0.05, 0) is 43.9 Å². The van der Waals surface area contributed by atoms with Gasteiger partial charge in [-0.25, -0.2) is 0 Å². The minimum Gasteiger partial charge on any atom is -0.381 e. The minimum atomic E-state index is 0.782. The fourth-order valence-electron chi connectivity index (χ4n) is 4.12. The van der Waals surface area contributed by atoms with E-state index in [2.05, 4.69) is 25.2 Å². The van der Waals surface area contributed by atoms with E-state index in [9.17, 15) is 0 Å². The van der Waals surface area contributed by atoms with Gasteiger partial charge in [0.05, 0.1) is 0 Å². The van der Waals surface area contributed by atoms with E-state index in [0.717, 1.165) is 25.0 Å². The first-order valence-corrected chi connectivity index (χ1v) is 10.9. The van der Waals surface area contributed by atoms with E-state index in [1.165, 1.54) is 89.9 Å². The van der Waals surface area contributed by atoms with Gasteiger partial charge >= 0.3 is 0 Å². The minimum absolute atomic E-state index is 0.782. The summed E-state index contributed by atoms with van der Waals surface area (Å²) >= 11 is 0. The number of fused-ring (bicyclic) bond motifs is 2. The average molecular weight is 333 g/mol. The molecule has 0 fully saturated rings. The van der Waals surface area contributed by atoms with Crippen LogP contribution in [0.25, 0.3) is 0 Å². The van der Waals surface area contributed by atoms with Crippen molar-refractivity contribution in [3.8, 4) is 0 Å². The monoisotopic (exact) mass is 332 g/mol. The van der Waals surface area contributed by atoms with Gasteiger partial charge in [0.2, 0.25) is 0 Å². The van der Waals surface area contributed by atoms with Gasteiger partial charge in [-0.15, -0.1) is 0 Å². The van der Waals surface area contributed by atoms with E-state index < -0.39 is 0 Å². The Morgan fingerprint density at radius 2 is 1.42 bits per heavy atom. The van der Waals surface area contributed by atoms with Crippen LogP contribution in [0.3, 0.4) is 0 Å². The molecule has 2 unspecified atom stereocenters. The fraction of sp³-hybridized carbons (Fsp3) is 0.826. The van der Waals surface area contributed by atoms with Crippen molar-refractivity contribution in [3.05, 3.63) is 23.8 Å². The summed E-state index contributed by atoms with van der Waals surface area (Å²) in [6, 6.07) is 0. The molecule has 2 atom stereocenters. The van der Waals surface area contributed by atoms with Crippen LogP contribution < -0.4 is 0 Å². The third kappa shape index (κ3) is 8.01. The van der Waals surface area contributed by atoms with E-state index in [1.54, 1.807) is 5.57 Å². The molecule has 138 valence electrons. The average Bonchev–Trinajstić information content (AvgIpc) is 3.21. The number of rotatable bonds is 16. The molecule has 2 aliphatic carbocycles. The predicted octanol–water partition coefficient (Wildman–Crippen LogP) is 7.23. The Morgan fingerprint density at radius 3 is 2.00 bits per heavy atom. The summed E-state index contributed by atoms with van der Waals surface area (Å²) < 4.78 is 5.79. The largest absolute Gasteiger partial charge is 0.381 e. The second-order valence-corrected chi connectivity index (χ2v) is 7.88. The van der Waals surface area contributed by atoms with E-state index in [4.69, 9.17) is 4.74 Å². The molecule has 0 spiro atoms. The lowest BCUT2D eigenvalue weighted by Gasteiger charge is -2.09. The third-order valence-corrected chi connectivity index (χ3v) is 5.67. The van der Waals surface area contributed by atoms with Crippen LogP contribution in [-0.4, -0.2) is 13.2 Å². The van der Waals surface area contributed by atoms with Gasteiger partial charge in [0.15, 0.2) is 0 Å². The van der Waals surface area contributed by atoms with Crippen LogP contribution in [0, 0.1) is 11.8 Å². The van der Waals surface area contributed by atoms with Gasteiger partial charge in [0, 0.05) is 13.2 Å². The summed E-state index contributed by atoms with van der Waals surface area (Å²) in [6.07, 6.45) is 26.5. The van der Waals surface area contributed by atoms with Crippen molar-refractivity contribution in [2.24, 2.45) is 11.8 Å². The number of hydrogen-bond donors (Lipinski definition) is 0. The van der Waals surface area contributed by atoms with Crippen molar-refractivity contribution in [2.45, 2.75) is 96.8 Å². The SMILES string of the molecule is CCCCCCCCCCCOCCCCCC1=CC2C=CC1C2. The Balaban J connectivity index is 1.25. The summed E-state index contributed by atoms with van der Waals surface area (Å²) in [7, 11) is 0. The molecule has 0 aliphatic heterocycles. The van der Waals surface area contributed by atoms with Crippen molar-refractivity contribution in [3.63, 3.8) is 0 Å². The summed E-state index contributed by atoms with van der Waals surface area (Å²) in [5.74, 6) is 1.59. The van der Waals surface area contributed by atoms with Gasteiger partial charge in [-0.2, -0.15) is 0 Å². The maximum atomic E-state index is 5.79. The maximum Gasteiger partial charge on any atom is 0.0466 e. The van der Waals surface area contributed by atoms with Crippen LogP contribution in [0.5, 0.6) is 0 Å². The summed E-state index contributed by atoms with van der Waals surface area (Å²) in [4.78, 5) is 0. The predicted molar refractivity (Wildman–Crippen MR) is 105 cm³/mol. The van der Waals surface area contributed by atoms with Crippen LogP contribution in [0.2, 0.25) is 0 Å². The van der Waals surface area contributed by atoms with Gasteiger partial charge in [-0.1, -0.05) is 88.5 Å². The van der Waals surface area contributed by atoms with E-state index in [1.807, 2.05) is 0 Å². The molecular weight excluding hydrogens is 292 g/mol. The molecule has 0 N–H and O–H groups in total. The molecule has 0 aromatic heterocycles. The molecule has 2 bridgehead atoms. The second kappa shape index (κ2) is 12.8. The molecular formula is C23H40O. The lowest BCUT2D eigenvalue weighted by molar-refractivity contribution is 0.126. The number of unbranched alkanes of at least 4 members (excludes halogenated alkanes) is 10. The van der Waals surface area contributed by atoms with Gasteiger partial charge < -0.3 is 4.74 Å². The van der Waals surface area contributed by atoms with Gasteiger partial charge in [0.25, 0.3) is 0 Å². The zero-order chi connectivity index (χ0) is 16.9. The zero-order valence-corrected chi connectivity index (χ0v) is 16.1. The molecule has 0 heterocycles. The Labute approximate surface area is 150 Å². The van der Waals surface area contributed by atoms with Crippen molar-refractivity contribution < 1.29 is 4.74 Å². The van der Waals surface area contributed by atoms with Crippen molar-refractivity contribution in [1.29, 1.82) is 0 Å². The Bertz CT molecular complexity index is 368. The maximum absolute atomic E-state index is 5.79. The molecule has 0 amide bonds. The summed E-state index contributed by atoms with van der Waals surface area (Å²) in [5, 5.41) is 0. The highest BCUT2D eigenvalue weighted by atomic mass is 16.5. The highest BCUT2D eigenvalue weighted by Gasteiger charge is 2.26. The lowest BCUT2D eigenvalue weighted by atomic mass is 9.97. The normalized spacial score (nSPS) is 21.6. The van der Waals surface area contributed by atoms with Crippen LogP contribution >= 0.6 is 0 Å². The second-order valence-electron chi connectivity index (χ2n) is 7.88. The first-order chi connectivity index (χ1) is 11.9. The molecule has 0 saturated heterocycles. The number of ether oxygens (including phenoxy) is 1. The molecule has 0 aromatic carbocycles. The first kappa shape index (κ1) is 19.8. The van der Waals surface area contributed by atoms with E-state index >= 15 is 0 Å². The van der Waals surface area contributed by atoms with Crippen molar-refractivity contribution in [1.82, 2.24) is 0 Å². The molecule has 1 heteroatoms. The molecule has 0 aromatic rings. The standard InChI is InChI=1S/C23H40O/c1-2-3-4-5-6-7-8-9-12-17-24-18-13-10-11-14-22-19-21-15-16-23(22)20-21/h15-16,19,21,23H,2-14,17-18,20H2,1H3. The van der Waals surface area contributed by atoms with Crippen LogP contribution in [0.1, 0.15) is 96.8 Å². The van der Waals surface area contributed by atoms with Crippen LogP contribution in [-0.2, 0) is 4.74 Å². The lowest BCUT2D eigenvalue weighted by Crippen LogP contribution is -1.98. The zero-order valence-electron chi connectivity index (χ0n) is 16.1. The molecule has 2 rings (SSSR count). The van der Waals surface area contributed by atoms with Crippen molar-refractivity contribution >= 4 is 0 Å². The van der Waals surface area contributed by atoms with E-state index in [-0.39, 0.29) is 0 Å². The Morgan fingerprint density at radius 1 is 0.792 bits per heavy atom. The molecule has 2 aliphatic rings. The molecule has 0 radical (unpaired) electrons. The van der Waals surface area contributed by atoms with E-state index in [0.29, 0.717) is 0 Å². The van der Waals surface area contributed by atoms with Crippen molar-refractivity contribution in [2.75, 3.05) is 13.2 Å². The third-order valence-electron chi connectivity index (χ3n) is 5.67. The Hall–Kier alpha value is -0.560. The molecule has 0 saturated carbocycles. The van der Waals surface area contributed by atoms with Crippen LogP contribution in [0.4, 0.5) is 0 Å². The summed E-state index contributed by atoms with van der Waals surface area (Å²) in [6.45, 7) is 4.24. The number of hydrogen-bond acceptors (Lipinski definition) is 1. The fourth-order valence-corrected chi connectivity index (χ4v) is 4.12.